The molecule has 0 saturated carbocycles. The lowest BCUT2D eigenvalue weighted by Crippen LogP contribution is -2.27. The summed E-state index contributed by atoms with van der Waals surface area (Å²) in [6, 6.07) is 12.9. The van der Waals surface area contributed by atoms with Gasteiger partial charge in [-0.2, -0.15) is 0 Å². The number of nitrogens with one attached hydrogen (secondary N) is 3. The van der Waals surface area contributed by atoms with Crippen molar-refractivity contribution >= 4 is 28.9 Å². The predicted molar refractivity (Wildman–Crippen MR) is 95.5 cm³/mol. The molecule has 0 unspecified atom stereocenters. The second-order valence-corrected chi connectivity index (χ2v) is 5.56. The number of amides is 1. The SMILES string of the molecule is CNC(=O)c1ccc(NC(=S)NCc2ccc3c(c2)OCO3)cc1. The number of hydrogen-bond donors (Lipinski definition) is 3. The summed E-state index contributed by atoms with van der Waals surface area (Å²) in [5, 5.41) is 9.29. The van der Waals surface area contributed by atoms with Gasteiger partial charge >= 0.3 is 0 Å². The van der Waals surface area contributed by atoms with E-state index in [2.05, 4.69) is 16.0 Å². The Morgan fingerprint density at radius 2 is 1.88 bits per heavy atom. The highest BCUT2D eigenvalue weighted by Gasteiger charge is 2.13. The molecule has 1 aliphatic heterocycles. The summed E-state index contributed by atoms with van der Waals surface area (Å²) in [4.78, 5) is 11.5. The molecule has 3 rings (SSSR count). The van der Waals surface area contributed by atoms with E-state index in [4.69, 9.17) is 21.7 Å². The van der Waals surface area contributed by atoms with Crippen molar-refractivity contribution in [2.45, 2.75) is 6.54 Å². The molecule has 0 fully saturated rings. The molecular weight excluding hydrogens is 326 g/mol. The second-order valence-electron chi connectivity index (χ2n) is 5.15. The molecule has 0 radical (unpaired) electrons. The standard InChI is InChI=1S/C17H17N3O3S/c1-18-16(21)12-3-5-13(6-4-12)20-17(24)19-9-11-2-7-14-15(8-11)23-10-22-14/h2-8H,9-10H2,1H3,(H,18,21)(H2,19,20,24). The Kier molecular flexibility index (Phi) is 4.81. The van der Waals surface area contributed by atoms with Crippen LogP contribution in [0.4, 0.5) is 5.69 Å². The number of carbonyl (C=O) groups is 1. The van der Waals surface area contributed by atoms with E-state index in [1.165, 1.54) is 0 Å². The van der Waals surface area contributed by atoms with Crippen LogP contribution in [0.1, 0.15) is 15.9 Å². The number of fused-ring (bicyclic) bond motifs is 1. The van der Waals surface area contributed by atoms with Crippen molar-refractivity contribution in [1.29, 1.82) is 0 Å². The maximum absolute atomic E-state index is 11.5. The Morgan fingerprint density at radius 3 is 2.62 bits per heavy atom. The first-order valence-electron chi connectivity index (χ1n) is 7.41. The monoisotopic (exact) mass is 343 g/mol. The molecule has 0 aromatic heterocycles. The van der Waals surface area contributed by atoms with Gasteiger partial charge in [-0.15, -0.1) is 0 Å². The smallest absolute Gasteiger partial charge is 0.251 e. The molecular formula is C17H17N3O3S. The molecule has 6 nitrogen and oxygen atoms in total. The molecule has 3 N–H and O–H groups in total. The summed E-state index contributed by atoms with van der Waals surface area (Å²) >= 11 is 5.28. The van der Waals surface area contributed by atoms with Gasteiger partial charge in [-0.25, -0.2) is 0 Å². The normalized spacial score (nSPS) is 11.7. The third-order valence-corrected chi connectivity index (χ3v) is 3.77. The first-order valence-corrected chi connectivity index (χ1v) is 7.82. The molecule has 0 aliphatic carbocycles. The van der Waals surface area contributed by atoms with Gasteiger partial charge in [0.05, 0.1) is 0 Å². The minimum atomic E-state index is -0.120. The number of rotatable bonds is 4. The van der Waals surface area contributed by atoms with Crippen LogP contribution in [0, 0.1) is 0 Å². The molecule has 7 heteroatoms. The van der Waals surface area contributed by atoms with Gasteiger partial charge in [-0.05, 0) is 54.2 Å². The third-order valence-electron chi connectivity index (χ3n) is 3.52. The Hall–Kier alpha value is -2.80. The quantitative estimate of drug-likeness (QED) is 0.740. The zero-order valence-electron chi connectivity index (χ0n) is 13.1. The van der Waals surface area contributed by atoms with Gasteiger partial charge in [0.15, 0.2) is 16.6 Å². The van der Waals surface area contributed by atoms with Crippen molar-refractivity contribution in [2.24, 2.45) is 0 Å². The summed E-state index contributed by atoms with van der Waals surface area (Å²) in [5.41, 5.74) is 2.45. The Balaban J connectivity index is 1.53. The van der Waals surface area contributed by atoms with E-state index in [9.17, 15) is 4.79 Å². The van der Waals surface area contributed by atoms with E-state index >= 15 is 0 Å². The van der Waals surface area contributed by atoms with Crippen molar-refractivity contribution in [2.75, 3.05) is 19.2 Å². The Labute approximate surface area is 145 Å². The molecule has 0 saturated heterocycles. The van der Waals surface area contributed by atoms with Gasteiger partial charge in [0.2, 0.25) is 6.79 Å². The molecule has 0 spiro atoms. The van der Waals surface area contributed by atoms with Crippen molar-refractivity contribution in [1.82, 2.24) is 10.6 Å². The van der Waals surface area contributed by atoms with Crippen molar-refractivity contribution in [3.05, 3.63) is 53.6 Å². The number of anilines is 1. The Morgan fingerprint density at radius 1 is 1.12 bits per heavy atom. The fourth-order valence-electron chi connectivity index (χ4n) is 2.26. The molecule has 2 aromatic carbocycles. The van der Waals surface area contributed by atoms with Crippen molar-refractivity contribution in [3.63, 3.8) is 0 Å². The van der Waals surface area contributed by atoms with Gasteiger partial charge in [0.25, 0.3) is 5.91 Å². The predicted octanol–water partition coefficient (Wildman–Crippen LogP) is 2.26. The summed E-state index contributed by atoms with van der Waals surface area (Å²) in [6.45, 7) is 0.830. The molecule has 1 aliphatic rings. The van der Waals surface area contributed by atoms with Crippen LogP contribution in [0.25, 0.3) is 0 Å². The molecule has 0 bridgehead atoms. The van der Waals surface area contributed by atoms with E-state index in [1.54, 1.807) is 31.3 Å². The average Bonchev–Trinajstić information content (AvgIpc) is 3.07. The van der Waals surface area contributed by atoms with Gasteiger partial charge in [0, 0.05) is 24.8 Å². The van der Waals surface area contributed by atoms with Crippen LogP contribution >= 0.6 is 12.2 Å². The number of thiocarbonyl (C=S) groups is 1. The Bertz CT molecular complexity index is 762. The fourth-order valence-corrected chi connectivity index (χ4v) is 2.45. The van der Waals surface area contributed by atoms with E-state index < -0.39 is 0 Å². The highest BCUT2D eigenvalue weighted by molar-refractivity contribution is 7.80. The lowest BCUT2D eigenvalue weighted by Gasteiger charge is -2.11. The van der Waals surface area contributed by atoms with Crippen LogP contribution in [0.3, 0.4) is 0 Å². The van der Waals surface area contributed by atoms with Gasteiger partial charge in [-0.1, -0.05) is 6.07 Å². The number of carbonyl (C=O) groups excluding carboxylic acids is 1. The third kappa shape index (κ3) is 3.75. The zero-order chi connectivity index (χ0) is 16.9. The lowest BCUT2D eigenvalue weighted by molar-refractivity contribution is 0.0963. The second kappa shape index (κ2) is 7.18. The number of benzene rings is 2. The van der Waals surface area contributed by atoms with E-state index in [0.717, 1.165) is 22.7 Å². The van der Waals surface area contributed by atoms with E-state index in [-0.39, 0.29) is 12.7 Å². The summed E-state index contributed by atoms with van der Waals surface area (Å²) in [5.74, 6) is 1.39. The molecule has 124 valence electrons. The first-order chi connectivity index (χ1) is 11.7. The van der Waals surface area contributed by atoms with Crippen molar-refractivity contribution < 1.29 is 14.3 Å². The summed E-state index contributed by atoms with van der Waals surface area (Å²) in [7, 11) is 1.60. The highest BCUT2D eigenvalue weighted by Crippen LogP contribution is 2.32. The average molecular weight is 343 g/mol. The van der Waals surface area contributed by atoms with Gasteiger partial charge in [0.1, 0.15) is 0 Å². The van der Waals surface area contributed by atoms with Crippen LogP contribution in [-0.4, -0.2) is 24.9 Å². The van der Waals surface area contributed by atoms with E-state index in [0.29, 0.717) is 17.2 Å². The zero-order valence-corrected chi connectivity index (χ0v) is 13.9. The maximum atomic E-state index is 11.5. The summed E-state index contributed by atoms with van der Waals surface area (Å²) < 4.78 is 10.6. The highest BCUT2D eigenvalue weighted by atomic mass is 32.1. The first kappa shape index (κ1) is 16.1. The molecule has 0 atom stereocenters. The van der Waals surface area contributed by atoms with E-state index in [1.807, 2.05) is 18.2 Å². The van der Waals surface area contributed by atoms with Crippen LogP contribution in [0.15, 0.2) is 42.5 Å². The maximum Gasteiger partial charge on any atom is 0.251 e. The lowest BCUT2D eigenvalue weighted by atomic mass is 10.2. The topological polar surface area (TPSA) is 71.6 Å². The van der Waals surface area contributed by atoms with Crippen LogP contribution in [0.2, 0.25) is 0 Å². The molecule has 1 heterocycles. The molecule has 24 heavy (non-hydrogen) atoms. The number of hydrogen-bond acceptors (Lipinski definition) is 4. The molecule has 2 aromatic rings. The summed E-state index contributed by atoms with van der Waals surface area (Å²) in [6.07, 6.45) is 0. The van der Waals surface area contributed by atoms with Gasteiger partial charge in [-0.3, -0.25) is 4.79 Å². The van der Waals surface area contributed by atoms with Crippen molar-refractivity contribution in [3.8, 4) is 11.5 Å². The minimum absolute atomic E-state index is 0.120. The van der Waals surface area contributed by atoms with Crippen LogP contribution in [0.5, 0.6) is 11.5 Å². The largest absolute Gasteiger partial charge is 0.454 e. The minimum Gasteiger partial charge on any atom is -0.454 e. The van der Waals surface area contributed by atoms with Crippen LogP contribution in [-0.2, 0) is 6.54 Å². The van der Waals surface area contributed by atoms with Gasteiger partial charge < -0.3 is 25.4 Å². The fraction of sp³-hybridized carbons (Fsp3) is 0.176. The van der Waals surface area contributed by atoms with Crippen LogP contribution < -0.4 is 25.4 Å². The number of ether oxygens (including phenoxy) is 2. The molecule has 1 amide bonds.